The van der Waals surface area contributed by atoms with Gasteiger partial charge in [-0.2, -0.15) is 0 Å². The van der Waals surface area contributed by atoms with E-state index in [4.69, 9.17) is 13.9 Å². The van der Waals surface area contributed by atoms with Gasteiger partial charge in [0.1, 0.15) is 30.0 Å². The third-order valence-corrected chi connectivity index (χ3v) is 7.46. The second-order valence-corrected chi connectivity index (χ2v) is 11.7. The Morgan fingerprint density at radius 1 is 1.13 bits per heavy atom. The molecule has 0 saturated carbocycles. The van der Waals surface area contributed by atoms with Gasteiger partial charge in [-0.1, -0.05) is 68.8 Å². The number of benzene rings is 1. The standard InChI is InChI=1S/C35H40N4O8/c1-22(2)32-24(4)14-15-30(41)36-16-8-10-23(3)18-27(46-35(44)37-25-11-6-5-7-12-25)19-26(40)20-31-38-28(21-45-31)33(42)39-17-9-13-29(39)34(43)47-32/h5-8,10-15,18,21-22,24,27,32H,9,16-17,19-20H2,1-4H3,(H,36,41)(H,37,44)/b10-8+,15-14+,23-18+/t24-,27-,32?/m1/s1. The maximum Gasteiger partial charge on any atom is 0.412 e. The first kappa shape index (κ1) is 34.6. The molecule has 0 fully saturated rings. The molecule has 0 saturated heterocycles. The van der Waals surface area contributed by atoms with Crippen LogP contribution in [-0.4, -0.2) is 64.8 Å². The largest absolute Gasteiger partial charge is 0.457 e. The topological polar surface area (TPSA) is 157 Å². The lowest BCUT2D eigenvalue weighted by atomic mass is 9.94. The average Bonchev–Trinajstić information content (AvgIpc) is 3.70. The molecule has 248 valence electrons. The van der Waals surface area contributed by atoms with Crippen LogP contribution in [0.2, 0.25) is 0 Å². The monoisotopic (exact) mass is 644 g/mol. The van der Waals surface area contributed by atoms with Gasteiger partial charge in [0.15, 0.2) is 5.69 Å². The first-order valence-corrected chi connectivity index (χ1v) is 15.5. The number of fused-ring (bicyclic) bond motifs is 3. The van der Waals surface area contributed by atoms with Crippen molar-refractivity contribution in [2.45, 2.75) is 59.2 Å². The Bertz CT molecular complexity index is 1590. The van der Waals surface area contributed by atoms with Crippen LogP contribution in [-0.2, 0) is 30.3 Å². The van der Waals surface area contributed by atoms with Gasteiger partial charge >= 0.3 is 12.1 Å². The van der Waals surface area contributed by atoms with Crippen LogP contribution in [0.5, 0.6) is 0 Å². The number of anilines is 1. The Morgan fingerprint density at radius 3 is 2.64 bits per heavy atom. The van der Waals surface area contributed by atoms with E-state index in [1.807, 2.05) is 26.8 Å². The molecular formula is C35H40N4O8. The Morgan fingerprint density at radius 2 is 1.89 bits per heavy atom. The van der Waals surface area contributed by atoms with Gasteiger partial charge in [-0.05, 0) is 43.5 Å². The molecule has 47 heavy (non-hydrogen) atoms. The number of nitrogens with one attached hydrogen (secondary N) is 2. The van der Waals surface area contributed by atoms with E-state index in [1.54, 1.807) is 61.6 Å². The van der Waals surface area contributed by atoms with Crippen LogP contribution < -0.4 is 10.6 Å². The number of cyclic esters (lactones) is 1. The molecule has 1 unspecified atom stereocenters. The maximum absolute atomic E-state index is 13.4. The molecule has 0 spiro atoms. The Hall–Kier alpha value is -5.26. The third kappa shape index (κ3) is 10.1. The number of rotatable bonds is 3. The highest BCUT2D eigenvalue weighted by atomic mass is 16.6. The molecule has 1 aromatic heterocycles. The number of para-hydroxylation sites is 1. The van der Waals surface area contributed by atoms with Gasteiger partial charge in [-0.25, -0.2) is 14.6 Å². The number of amides is 3. The zero-order valence-corrected chi connectivity index (χ0v) is 26.9. The number of esters is 1. The van der Waals surface area contributed by atoms with Crippen molar-refractivity contribution in [3.05, 3.63) is 95.9 Å². The number of carbonyl (C=O) groups excluding carboxylic acids is 5. The summed E-state index contributed by atoms with van der Waals surface area (Å²) in [5, 5.41) is 5.40. The van der Waals surface area contributed by atoms with Crippen molar-refractivity contribution in [3.63, 3.8) is 0 Å². The van der Waals surface area contributed by atoms with E-state index in [0.29, 0.717) is 17.7 Å². The van der Waals surface area contributed by atoms with E-state index in [9.17, 15) is 24.0 Å². The summed E-state index contributed by atoms with van der Waals surface area (Å²) in [5.41, 5.74) is 1.24. The first-order chi connectivity index (χ1) is 22.5. The molecule has 4 rings (SSSR count). The molecular weight excluding hydrogens is 604 g/mol. The van der Waals surface area contributed by atoms with Crippen molar-refractivity contribution in [2.75, 3.05) is 18.4 Å². The highest BCUT2D eigenvalue weighted by molar-refractivity contribution is 6.00. The SMILES string of the molecule is CC1=C\[C@@H](OC(=O)Nc2ccccc2)CC(=O)Cc2nc(co2)C(=O)N2CCC=C2C(=O)OC(C(C)C)[C@H](C)/C=C/C(=O)NC\C=C\1. The van der Waals surface area contributed by atoms with Gasteiger partial charge in [-0.3, -0.25) is 19.7 Å². The molecule has 2 aromatic rings. The van der Waals surface area contributed by atoms with Gasteiger partial charge in [-0.15, -0.1) is 0 Å². The number of carbonyl (C=O) groups is 5. The van der Waals surface area contributed by atoms with Crippen LogP contribution in [0, 0.1) is 11.8 Å². The second kappa shape index (κ2) is 16.3. The zero-order valence-electron chi connectivity index (χ0n) is 26.9. The number of hydrogen-bond acceptors (Lipinski definition) is 9. The molecule has 12 heteroatoms. The molecule has 2 aliphatic heterocycles. The summed E-state index contributed by atoms with van der Waals surface area (Å²) in [6, 6.07) is 8.74. The molecule has 12 nitrogen and oxygen atoms in total. The fraction of sp³-hybridized carbons (Fsp3) is 0.371. The third-order valence-electron chi connectivity index (χ3n) is 7.46. The average molecular weight is 645 g/mol. The molecule has 3 heterocycles. The number of allylic oxidation sites excluding steroid dienone is 2. The summed E-state index contributed by atoms with van der Waals surface area (Å²) in [6.07, 6.45) is 8.70. The molecule has 2 aliphatic rings. The maximum atomic E-state index is 13.4. The molecule has 2 bridgehead atoms. The fourth-order valence-corrected chi connectivity index (χ4v) is 5.20. The zero-order chi connectivity index (χ0) is 33.9. The van der Waals surface area contributed by atoms with Crippen LogP contribution in [0.25, 0.3) is 0 Å². The smallest absolute Gasteiger partial charge is 0.412 e. The summed E-state index contributed by atoms with van der Waals surface area (Å²) in [5.74, 6) is -2.28. The number of Topliss-reactive ketones (excluding diaryl/α,β-unsaturated/α-hetero) is 1. The van der Waals surface area contributed by atoms with Crippen molar-refractivity contribution in [1.82, 2.24) is 15.2 Å². The molecule has 0 radical (unpaired) electrons. The summed E-state index contributed by atoms with van der Waals surface area (Å²) in [7, 11) is 0. The number of aromatic nitrogens is 1. The molecule has 0 aliphatic carbocycles. The second-order valence-electron chi connectivity index (χ2n) is 11.7. The number of ketones is 1. The Kier molecular flexibility index (Phi) is 12.0. The lowest BCUT2D eigenvalue weighted by Gasteiger charge is -2.27. The van der Waals surface area contributed by atoms with E-state index in [0.717, 1.165) is 6.26 Å². The number of ether oxygens (including phenoxy) is 2. The van der Waals surface area contributed by atoms with E-state index < -0.39 is 30.2 Å². The van der Waals surface area contributed by atoms with E-state index in [1.165, 1.54) is 11.0 Å². The normalized spacial score (nSPS) is 24.3. The number of hydrogen-bond donors (Lipinski definition) is 2. The Balaban J connectivity index is 1.58. The summed E-state index contributed by atoms with van der Waals surface area (Å²) < 4.78 is 16.9. The van der Waals surface area contributed by atoms with Crippen LogP contribution in [0.4, 0.5) is 10.5 Å². The minimum atomic E-state index is -0.940. The quantitative estimate of drug-likeness (QED) is 0.443. The van der Waals surface area contributed by atoms with Crippen molar-refractivity contribution >= 4 is 35.3 Å². The van der Waals surface area contributed by atoms with Crippen LogP contribution >= 0.6 is 0 Å². The van der Waals surface area contributed by atoms with Crippen LogP contribution in [0.1, 0.15) is 56.9 Å². The van der Waals surface area contributed by atoms with Gasteiger partial charge in [0.05, 0.1) is 6.42 Å². The van der Waals surface area contributed by atoms with Crippen molar-refractivity contribution in [1.29, 1.82) is 0 Å². The highest BCUT2D eigenvalue weighted by Gasteiger charge is 2.33. The number of nitrogens with zero attached hydrogens (tertiary/aromatic N) is 2. The Labute approximate surface area is 273 Å². The predicted molar refractivity (Wildman–Crippen MR) is 173 cm³/mol. The summed E-state index contributed by atoms with van der Waals surface area (Å²) in [6.45, 7) is 7.90. The summed E-state index contributed by atoms with van der Waals surface area (Å²) in [4.78, 5) is 70.4. The van der Waals surface area contributed by atoms with Crippen molar-refractivity contribution < 1.29 is 37.9 Å². The lowest BCUT2D eigenvalue weighted by molar-refractivity contribution is -0.149. The van der Waals surface area contributed by atoms with Gasteiger partial charge in [0, 0.05) is 31.1 Å². The number of oxazole rings is 1. The van der Waals surface area contributed by atoms with Gasteiger partial charge in [0.2, 0.25) is 11.8 Å². The predicted octanol–water partition coefficient (Wildman–Crippen LogP) is 4.92. The fourth-order valence-electron chi connectivity index (χ4n) is 5.20. The molecule has 3 atom stereocenters. The van der Waals surface area contributed by atoms with Gasteiger partial charge in [0.25, 0.3) is 5.91 Å². The van der Waals surface area contributed by atoms with Crippen LogP contribution in [0.3, 0.4) is 0 Å². The molecule has 2 N–H and O–H groups in total. The van der Waals surface area contributed by atoms with E-state index >= 15 is 0 Å². The lowest BCUT2D eigenvalue weighted by Crippen LogP contribution is -2.36. The van der Waals surface area contributed by atoms with Crippen molar-refractivity contribution in [3.8, 4) is 0 Å². The minimum Gasteiger partial charge on any atom is -0.457 e. The highest BCUT2D eigenvalue weighted by Crippen LogP contribution is 2.25. The van der Waals surface area contributed by atoms with E-state index in [2.05, 4.69) is 15.6 Å². The van der Waals surface area contributed by atoms with Gasteiger partial charge < -0.3 is 24.1 Å². The summed E-state index contributed by atoms with van der Waals surface area (Å²) >= 11 is 0. The van der Waals surface area contributed by atoms with E-state index in [-0.39, 0.29) is 66.7 Å². The minimum absolute atomic E-state index is 0.00774. The van der Waals surface area contributed by atoms with Crippen molar-refractivity contribution in [2.24, 2.45) is 11.8 Å². The molecule has 3 amide bonds. The first-order valence-electron chi connectivity index (χ1n) is 15.5. The van der Waals surface area contributed by atoms with Crippen LogP contribution in [0.15, 0.2) is 88.7 Å². The molecule has 1 aromatic carbocycles.